The Morgan fingerprint density at radius 1 is 0.640 bits per heavy atom. The summed E-state index contributed by atoms with van der Waals surface area (Å²) < 4.78 is 0. The molecule has 0 N–H and O–H groups in total. The number of diazo groups is 2. The molecule has 0 saturated carbocycles. The van der Waals surface area contributed by atoms with Crippen LogP contribution in [-0.4, -0.2) is 0 Å². The maximum absolute atomic E-state index is 8.32. The van der Waals surface area contributed by atoms with E-state index in [9.17, 15) is 0 Å². The average molecular weight is 553 g/mol. The second-order valence-electron chi connectivity index (χ2n) is 3.65. The number of halogens is 8. The van der Waals surface area contributed by atoms with Gasteiger partial charge in [-0.1, -0.05) is 46.4 Å². The van der Waals surface area contributed by atoms with Gasteiger partial charge in [0.2, 0.25) is 10.8 Å². The summed E-state index contributed by atoms with van der Waals surface area (Å²) in [6, 6.07) is 9.34. The van der Waals surface area contributed by atoms with Gasteiger partial charge in [-0.2, -0.15) is 0 Å². The van der Waals surface area contributed by atoms with Gasteiger partial charge in [0.25, 0.3) is 0 Å². The topological polar surface area (TPSA) is 56.3 Å². The van der Waals surface area contributed by atoms with Crippen LogP contribution < -0.4 is 0 Å². The molecule has 0 spiro atoms. The van der Waals surface area contributed by atoms with Crippen LogP contribution in [0.3, 0.4) is 0 Å². The fourth-order valence-electron chi connectivity index (χ4n) is 1.12. The van der Waals surface area contributed by atoms with Crippen molar-refractivity contribution in [3.8, 4) is 0 Å². The average Bonchev–Trinajstić information content (AvgIpc) is 2.51. The van der Waals surface area contributed by atoms with E-state index in [1.165, 1.54) is 12.1 Å². The van der Waals surface area contributed by atoms with Gasteiger partial charge in [0.15, 0.2) is 9.95 Å². The molecule has 13 heteroatoms. The fraction of sp³-hybridized carbons (Fsp3) is 0. The van der Waals surface area contributed by atoms with E-state index >= 15 is 0 Å². The van der Waals surface area contributed by atoms with Crippen molar-refractivity contribution in [3.63, 3.8) is 0 Å². The summed E-state index contributed by atoms with van der Waals surface area (Å²) in [5.74, 6) is 0. The van der Waals surface area contributed by atoms with Crippen LogP contribution in [0.15, 0.2) is 36.4 Å². The van der Waals surface area contributed by atoms with Gasteiger partial charge in [-0.3, -0.25) is 0 Å². The summed E-state index contributed by atoms with van der Waals surface area (Å²) in [5, 5.41) is 18.4. The number of benzene rings is 2. The summed E-state index contributed by atoms with van der Waals surface area (Å²) >= 11 is 22.3. The molecule has 141 valence electrons. The van der Waals surface area contributed by atoms with E-state index in [2.05, 4.69) is 9.95 Å². The second kappa shape index (κ2) is 12.5. The first-order valence-corrected chi connectivity index (χ1v) is 12.2. The predicted octanol–water partition coefficient (Wildman–Crippen LogP) is 9.71. The Morgan fingerprint density at radius 3 is 1.12 bits per heavy atom. The van der Waals surface area contributed by atoms with E-state index in [1.54, 1.807) is 24.3 Å². The van der Waals surface area contributed by atoms with Crippen LogP contribution in [0, 0.1) is 10.8 Å². The van der Waals surface area contributed by atoms with Crippen LogP contribution in [0.2, 0.25) is 20.1 Å². The number of rotatable bonds is 0. The van der Waals surface area contributed by atoms with Gasteiger partial charge in [-0.25, -0.2) is 0 Å². The predicted molar refractivity (Wildman–Crippen MR) is 106 cm³/mol. The molecule has 0 amide bonds. The van der Waals surface area contributed by atoms with Gasteiger partial charge in [-0.05, 0) is 24.3 Å². The van der Waals surface area contributed by atoms with Crippen molar-refractivity contribution in [1.82, 2.24) is 0 Å². The molecule has 0 saturated heterocycles. The molecule has 0 aliphatic heterocycles. The van der Waals surface area contributed by atoms with E-state index in [1.807, 2.05) is 0 Å². The van der Waals surface area contributed by atoms with Gasteiger partial charge in [0.1, 0.15) is 10.0 Å². The van der Waals surface area contributed by atoms with E-state index in [0.29, 0.717) is 20.1 Å². The van der Waals surface area contributed by atoms with Gasteiger partial charge < -0.3 is 0 Å². The van der Waals surface area contributed by atoms with Crippen LogP contribution in [0.1, 0.15) is 0 Å². The van der Waals surface area contributed by atoms with Crippen molar-refractivity contribution in [2.75, 3.05) is 0 Å². The second-order valence-corrected chi connectivity index (χ2v) is 14.7. The van der Waals surface area contributed by atoms with E-state index in [-0.39, 0.29) is 11.4 Å². The zero-order valence-electron chi connectivity index (χ0n) is 11.6. The molecule has 0 aliphatic carbocycles. The van der Waals surface area contributed by atoms with Crippen molar-refractivity contribution >= 4 is 98.2 Å². The number of hydrogen-bond acceptors (Lipinski definition) is 2. The molecule has 2 aromatic rings. The van der Waals surface area contributed by atoms with Gasteiger partial charge >= 0.3 is 61.0 Å². The molecule has 0 radical (unpaired) electrons. The minimum absolute atomic E-state index is 0.286. The van der Waals surface area contributed by atoms with Gasteiger partial charge in [0.05, 0.1) is 12.1 Å². The third-order valence-corrected chi connectivity index (χ3v) is 3.14. The summed E-state index contributed by atoms with van der Waals surface area (Å²) in [6.45, 7) is 0. The Balaban J connectivity index is 0.000000368. The molecule has 2 rings (SSSR count). The van der Waals surface area contributed by atoms with Crippen LogP contribution in [0.25, 0.3) is 9.95 Å². The first kappa shape index (κ1) is 25.1. The van der Waals surface area contributed by atoms with Gasteiger partial charge in [-0.15, -0.1) is 0 Å². The molecule has 2 aromatic carbocycles. The Bertz CT molecular complexity index is 730. The first-order chi connectivity index (χ1) is 11.5. The third kappa shape index (κ3) is 13.0. The number of hydrogen-bond donors (Lipinski definition) is 0. The number of nitrogens with zero attached hydrogens (tertiary/aromatic N) is 4. The Hall–Kier alpha value is 0.119. The van der Waals surface area contributed by atoms with Crippen LogP contribution in [-0.2, 0) is 9.20 Å². The third-order valence-electron chi connectivity index (χ3n) is 2.03. The Kier molecular flexibility index (Phi) is 12.6. The van der Waals surface area contributed by atoms with Crippen molar-refractivity contribution in [3.05, 3.63) is 66.4 Å². The van der Waals surface area contributed by atoms with Gasteiger partial charge in [0, 0.05) is 10.0 Å². The van der Waals surface area contributed by atoms with E-state index < -0.39 is 9.20 Å². The zero-order valence-corrected chi connectivity index (χ0v) is 18.6. The summed E-state index contributed by atoms with van der Waals surface area (Å²) in [6.07, 6.45) is 0. The van der Waals surface area contributed by atoms with E-state index in [4.69, 9.17) is 97.6 Å². The molecule has 25 heavy (non-hydrogen) atoms. The molecule has 0 bridgehead atoms. The zero-order chi connectivity index (χ0) is 19.6. The van der Waals surface area contributed by atoms with Crippen molar-refractivity contribution in [2.45, 2.75) is 0 Å². The van der Waals surface area contributed by atoms with Crippen molar-refractivity contribution < 1.29 is 9.20 Å². The molecule has 4 nitrogen and oxygen atoms in total. The Labute approximate surface area is 183 Å². The van der Waals surface area contributed by atoms with Crippen molar-refractivity contribution in [1.29, 1.82) is 10.8 Å². The van der Waals surface area contributed by atoms with Crippen molar-refractivity contribution in [2.24, 2.45) is 0 Å². The molecule has 0 fully saturated rings. The van der Waals surface area contributed by atoms with Crippen LogP contribution >= 0.6 is 86.8 Å². The molecular weight excluding hydrogens is 547 g/mol. The fourth-order valence-corrected chi connectivity index (χ4v) is 1.77. The van der Waals surface area contributed by atoms with Crippen LogP contribution in [0.4, 0.5) is 11.4 Å². The quantitative estimate of drug-likeness (QED) is 0.241. The first-order valence-electron chi connectivity index (χ1n) is 5.54. The SMILES string of the molecule is N#[N+]c1cc(Cl)ccc1Cl.N#[N+]c1cc(Cl)ccc1Cl.[Cl][Cu-2]([Cl])([Cl])[Cl]. The molecule has 0 aliphatic rings. The summed E-state index contributed by atoms with van der Waals surface area (Å²) in [5.41, 5.74) is 0.573. The molecule has 0 aromatic heterocycles. The molecule has 0 unspecified atom stereocenters. The van der Waals surface area contributed by atoms with E-state index in [0.717, 1.165) is 0 Å². The van der Waals surface area contributed by atoms with Crippen LogP contribution in [0.5, 0.6) is 0 Å². The molecular formula is C12H6Cl8CuN4. The summed E-state index contributed by atoms with van der Waals surface area (Å²) in [4.78, 5) is 5.83. The maximum atomic E-state index is 8.32. The Morgan fingerprint density at radius 2 is 0.920 bits per heavy atom. The normalized spacial score (nSPS) is 10.2. The summed E-state index contributed by atoms with van der Waals surface area (Å²) in [7, 11) is 17.4. The standard InChI is InChI=1S/2C6H3Cl2N2.4ClH.Cu/c2*7-4-1-2-5(8)6(3-4)10-9;;;;;/h2*1-3H;4*1H;/q2*+1;;;;;+2/p-4. The minimum atomic E-state index is -2.24. The monoisotopic (exact) mass is 549 g/mol. The molecule has 0 heterocycles. The molecule has 0 atom stereocenters.